The first-order chi connectivity index (χ1) is 6.93. The van der Waals surface area contributed by atoms with Gasteiger partial charge in [-0.15, -0.1) is 6.58 Å². The summed E-state index contributed by atoms with van der Waals surface area (Å²) in [5.41, 5.74) is -0.0381. The quantitative estimate of drug-likeness (QED) is 0.496. The summed E-state index contributed by atoms with van der Waals surface area (Å²) in [6.45, 7) is 12.3. The average molecular weight is 212 g/mol. The smallest absolute Gasteiger partial charge is 0.0650 e. The highest BCUT2D eigenvalue weighted by Crippen LogP contribution is 2.29. The molecule has 0 aromatic heterocycles. The zero-order valence-corrected chi connectivity index (χ0v) is 10.9. The lowest BCUT2D eigenvalue weighted by atomic mass is 9.79. The van der Waals surface area contributed by atoms with Crippen molar-refractivity contribution in [3.63, 3.8) is 0 Å². The van der Waals surface area contributed by atoms with Crippen LogP contribution in [-0.2, 0) is 0 Å². The minimum absolute atomic E-state index is 0.0381. The minimum Gasteiger partial charge on any atom is -0.392 e. The van der Waals surface area contributed by atoms with Gasteiger partial charge in [0.25, 0.3) is 0 Å². The van der Waals surface area contributed by atoms with Crippen molar-refractivity contribution >= 4 is 0 Å². The van der Waals surface area contributed by atoms with Gasteiger partial charge in [-0.2, -0.15) is 0 Å². The molecule has 0 aromatic carbocycles. The van der Waals surface area contributed by atoms with Crippen molar-refractivity contribution < 1.29 is 5.11 Å². The van der Waals surface area contributed by atoms with Crippen LogP contribution in [0.15, 0.2) is 12.7 Å². The molecule has 0 bridgehead atoms. The van der Waals surface area contributed by atoms with E-state index in [1.807, 2.05) is 6.08 Å². The van der Waals surface area contributed by atoms with E-state index in [-0.39, 0.29) is 17.4 Å². The Hall–Kier alpha value is -0.300. The molecule has 0 heterocycles. The number of hydrogen-bond acceptors (Lipinski definition) is 1. The van der Waals surface area contributed by atoms with Gasteiger partial charge in [0.2, 0.25) is 0 Å². The molecule has 1 N–H and O–H groups in total. The van der Waals surface area contributed by atoms with Gasteiger partial charge in [0.15, 0.2) is 0 Å². The Kier molecular flexibility index (Phi) is 6.91. The van der Waals surface area contributed by atoms with E-state index < -0.39 is 0 Å². The fourth-order valence-electron chi connectivity index (χ4n) is 1.85. The molecular formula is C14H28O. The first-order valence-corrected chi connectivity index (χ1v) is 6.24. The predicted molar refractivity (Wildman–Crippen MR) is 67.9 cm³/mol. The zero-order valence-electron chi connectivity index (χ0n) is 10.9. The molecule has 15 heavy (non-hydrogen) atoms. The summed E-state index contributed by atoms with van der Waals surface area (Å²) in [7, 11) is 0. The third kappa shape index (κ3) is 5.99. The van der Waals surface area contributed by atoms with Gasteiger partial charge in [0, 0.05) is 5.92 Å². The lowest BCUT2D eigenvalue weighted by molar-refractivity contribution is 0.0246. The van der Waals surface area contributed by atoms with Crippen molar-refractivity contribution in [3.8, 4) is 0 Å². The molecule has 0 aromatic rings. The van der Waals surface area contributed by atoms with Crippen LogP contribution in [0.1, 0.15) is 59.8 Å². The Morgan fingerprint density at radius 1 is 1.20 bits per heavy atom. The molecule has 0 saturated heterocycles. The van der Waals surface area contributed by atoms with Crippen LogP contribution in [0.4, 0.5) is 0 Å². The first-order valence-electron chi connectivity index (χ1n) is 6.24. The van der Waals surface area contributed by atoms with E-state index in [0.29, 0.717) is 0 Å². The van der Waals surface area contributed by atoms with Crippen molar-refractivity contribution in [1.82, 2.24) is 0 Å². The molecule has 0 saturated carbocycles. The lowest BCUT2D eigenvalue weighted by Gasteiger charge is -2.31. The van der Waals surface area contributed by atoms with E-state index in [1.54, 1.807) is 0 Å². The average Bonchev–Trinajstić information content (AvgIpc) is 2.16. The van der Waals surface area contributed by atoms with E-state index in [1.165, 1.54) is 25.7 Å². The van der Waals surface area contributed by atoms with Gasteiger partial charge >= 0.3 is 0 Å². The third-order valence-electron chi connectivity index (χ3n) is 2.99. The van der Waals surface area contributed by atoms with Crippen LogP contribution in [0, 0.1) is 11.3 Å². The summed E-state index contributed by atoms with van der Waals surface area (Å²) in [5, 5.41) is 10.1. The van der Waals surface area contributed by atoms with Crippen molar-refractivity contribution in [3.05, 3.63) is 12.7 Å². The molecule has 0 spiro atoms. The summed E-state index contributed by atoms with van der Waals surface area (Å²) < 4.78 is 0. The van der Waals surface area contributed by atoms with Gasteiger partial charge in [-0.3, -0.25) is 0 Å². The topological polar surface area (TPSA) is 20.2 Å². The van der Waals surface area contributed by atoms with Crippen LogP contribution in [0.5, 0.6) is 0 Å². The second-order valence-corrected chi connectivity index (χ2v) is 5.56. The molecule has 1 nitrogen and oxygen atoms in total. The second-order valence-electron chi connectivity index (χ2n) is 5.56. The normalized spacial score (nSPS) is 16.1. The number of rotatable bonds is 7. The summed E-state index contributed by atoms with van der Waals surface area (Å²) in [4.78, 5) is 0. The van der Waals surface area contributed by atoms with Crippen molar-refractivity contribution in [2.45, 2.75) is 65.9 Å². The van der Waals surface area contributed by atoms with Crippen LogP contribution in [0.25, 0.3) is 0 Å². The monoisotopic (exact) mass is 212 g/mol. The van der Waals surface area contributed by atoms with E-state index in [4.69, 9.17) is 0 Å². The van der Waals surface area contributed by atoms with E-state index >= 15 is 0 Å². The molecule has 0 amide bonds. The summed E-state index contributed by atoms with van der Waals surface area (Å²) in [6, 6.07) is 0. The molecule has 0 aliphatic rings. The molecule has 90 valence electrons. The Balaban J connectivity index is 3.97. The maximum atomic E-state index is 10.1. The predicted octanol–water partition coefficient (Wildman–Crippen LogP) is 4.17. The molecule has 0 rings (SSSR count). The molecule has 0 aliphatic carbocycles. The van der Waals surface area contributed by atoms with Crippen LogP contribution < -0.4 is 0 Å². The van der Waals surface area contributed by atoms with Gasteiger partial charge in [-0.1, -0.05) is 59.5 Å². The largest absolute Gasteiger partial charge is 0.392 e. The van der Waals surface area contributed by atoms with Crippen LogP contribution in [0.2, 0.25) is 0 Å². The molecule has 0 aliphatic heterocycles. The molecule has 1 heteroatoms. The van der Waals surface area contributed by atoms with Crippen molar-refractivity contribution in [2.24, 2.45) is 11.3 Å². The first kappa shape index (κ1) is 14.7. The molecule has 0 fully saturated rings. The lowest BCUT2D eigenvalue weighted by Crippen LogP contribution is -2.32. The highest BCUT2D eigenvalue weighted by atomic mass is 16.3. The van der Waals surface area contributed by atoms with E-state index in [2.05, 4.69) is 34.3 Å². The fraction of sp³-hybridized carbons (Fsp3) is 0.857. The fourth-order valence-corrected chi connectivity index (χ4v) is 1.85. The highest BCUT2D eigenvalue weighted by Gasteiger charge is 2.27. The maximum Gasteiger partial charge on any atom is 0.0650 e. The van der Waals surface area contributed by atoms with Gasteiger partial charge in [-0.25, -0.2) is 0 Å². The SMILES string of the molecule is C=CC(CCCCCC)C(O)C(C)(C)C. The number of hydrogen-bond donors (Lipinski definition) is 1. The standard InChI is InChI=1S/C14H28O/c1-6-8-9-10-11-12(7-2)13(15)14(3,4)5/h7,12-13,15H,2,6,8-11H2,1,3-5H3. The third-order valence-corrected chi connectivity index (χ3v) is 2.99. The van der Waals surface area contributed by atoms with Crippen LogP contribution >= 0.6 is 0 Å². The van der Waals surface area contributed by atoms with Gasteiger partial charge in [-0.05, 0) is 11.8 Å². The number of unbranched alkanes of at least 4 members (excludes halogenated alkanes) is 3. The minimum atomic E-state index is -0.267. The Labute approximate surface area is 95.6 Å². The maximum absolute atomic E-state index is 10.1. The van der Waals surface area contributed by atoms with E-state index in [0.717, 1.165) is 6.42 Å². The second kappa shape index (κ2) is 7.05. The van der Waals surface area contributed by atoms with Crippen molar-refractivity contribution in [1.29, 1.82) is 0 Å². The van der Waals surface area contributed by atoms with Crippen molar-refractivity contribution in [2.75, 3.05) is 0 Å². The summed E-state index contributed by atoms with van der Waals surface area (Å²) in [6.07, 6.45) is 7.77. The van der Waals surface area contributed by atoms with E-state index in [9.17, 15) is 5.11 Å². The summed E-state index contributed by atoms with van der Waals surface area (Å²) >= 11 is 0. The summed E-state index contributed by atoms with van der Waals surface area (Å²) in [5.74, 6) is 0.252. The molecule has 2 atom stereocenters. The Morgan fingerprint density at radius 3 is 2.20 bits per heavy atom. The van der Waals surface area contributed by atoms with Crippen LogP contribution in [-0.4, -0.2) is 11.2 Å². The van der Waals surface area contributed by atoms with Crippen LogP contribution in [0.3, 0.4) is 0 Å². The Bertz CT molecular complexity index is 167. The molecule has 2 unspecified atom stereocenters. The number of aliphatic hydroxyl groups is 1. The molecule has 0 radical (unpaired) electrons. The number of aliphatic hydroxyl groups excluding tert-OH is 1. The highest BCUT2D eigenvalue weighted by molar-refractivity contribution is 4.90. The van der Waals surface area contributed by atoms with Gasteiger partial charge in [0.05, 0.1) is 6.10 Å². The van der Waals surface area contributed by atoms with Gasteiger partial charge < -0.3 is 5.11 Å². The molecular weight excluding hydrogens is 184 g/mol. The Morgan fingerprint density at radius 2 is 1.80 bits per heavy atom. The zero-order chi connectivity index (χ0) is 11.9. The van der Waals surface area contributed by atoms with Gasteiger partial charge in [0.1, 0.15) is 0 Å².